The first-order chi connectivity index (χ1) is 9.56. The molecule has 0 saturated heterocycles. The Labute approximate surface area is 126 Å². The highest BCUT2D eigenvalue weighted by Crippen LogP contribution is 2.23. The molecule has 0 radical (unpaired) electrons. The molecule has 0 fully saturated rings. The maximum atomic E-state index is 12.1. The number of hydrogen-bond acceptors (Lipinski definition) is 3. The zero-order valence-electron chi connectivity index (χ0n) is 11.3. The van der Waals surface area contributed by atoms with Crippen molar-refractivity contribution in [3.63, 3.8) is 0 Å². The number of alkyl halides is 1. The molecule has 4 nitrogen and oxygen atoms in total. The van der Waals surface area contributed by atoms with E-state index in [1.807, 2.05) is 6.92 Å². The Morgan fingerprint density at radius 3 is 2.25 bits per heavy atom. The number of benzene rings is 1. The van der Waals surface area contributed by atoms with Gasteiger partial charge in [0.15, 0.2) is 0 Å². The van der Waals surface area contributed by atoms with Crippen molar-refractivity contribution in [3.05, 3.63) is 35.4 Å². The predicted octanol–water partition coefficient (Wildman–Crippen LogP) is 2.66. The third-order valence-electron chi connectivity index (χ3n) is 3.58. The molecule has 1 atom stereocenters. The van der Waals surface area contributed by atoms with Crippen LogP contribution in [0.25, 0.3) is 0 Å². The molecule has 20 heavy (non-hydrogen) atoms. The van der Waals surface area contributed by atoms with Crippen LogP contribution < -0.4 is 0 Å². The first kappa shape index (κ1) is 14.9. The van der Waals surface area contributed by atoms with Crippen molar-refractivity contribution in [2.75, 3.05) is 11.9 Å². The summed E-state index contributed by atoms with van der Waals surface area (Å²) in [6.07, 6.45) is 1.32. The Morgan fingerprint density at radius 1 is 1.20 bits per heavy atom. The van der Waals surface area contributed by atoms with Crippen LogP contribution in [0.5, 0.6) is 0 Å². The molecule has 1 heterocycles. The van der Waals surface area contributed by atoms with Crippen LogP contribution in [0.15, 0.2) is 24.3 Å². The summed E-state index contributed by atoms with van der Waals surface area (Å²) in [5.41, 5.74) is 0.948. The standard InChI is InChI=1S/C15H16BrNO3/c1-10(13(18)9-16)5-4-8-17-14(19)11-6-2-3-7-12(11)15(17)20/h2-3,6-7,10H,4-5,8-9H2,1H3. The molecular formula is C15H16BrNO3. The Bertz CT molecular complexity index is 521. The number of Topliss-reactive ketones (excluding diaryl/α,β-unsaturated/α-hetero) is 1. The average molecular weight is 338 g/mol. The van der Waals surface area contributed by atoms with Crippen LogP contribution in [0.1, 0.15) is 40.5 Å². The Balaban J connectivity index is 1.94. The first-order valence-electron chi connectivity index (χ1n) is 6.60. The lowest BCUT2D eigenvalue weighted by atomic mass is 10.0. The van der Waals surface area contributed by atoms with Gasteiger partial charge in [0.1, 0.15) is 5.78 Å². The number of ketones is 1. The van der Waals surface area contributed by atoms with Gasteiger partial charge in [0.25, 0.3) is 11.8 Å². The highest BCUT2D eigenvalue weighted by atomic mass is 79.9. The van der Waals surface area contributed by atoms with Gasteiger partial charge < -0.3 is 0 Å². The van der Waals surface area contributed by atoms with Crippen LogP contribution in [0.4, 0.5) is 0 Å². The number of amides is 2. The molecule has 0 bridgehead atoms. The monoisotopic (exact) mass is 337 g/mol. The number of carbonyl (C=O) groups excluding carboxylic acids is 3. The third-order valence-corrected chi connectivity index (χ3v) is 4.13. The number of hydrogen-bond donors (Lipinski definition) is 0. The SMILES string of the molecule is CC(CCCN1C(=O)c2ccccc2C1=O)C(=O)CBr. The Hall–Kier alpha value is -1.49. The molecule has 5 heteroatoms. The minimum atomic E-state index is -0.231. The molecule has 2 rings (SSSR count). The highest BCUT2D eigenvalue weighted by molar-refractivity contribution is 9.09. The van der Waals surface area contributed by atoms with E-state index in [0.29, 0.717) is 35.8 Å². The van der Waals surface area contributed by atoms with Crippen LogP contribution in [0.3, 0.4) is 0 Å². The smallest absolute Gasteiger partial charge is 0.261 e. The fourth-order valence-electron chi connectivity index (χ4n) is 2.29. The molecule has 0 aliphatic carbocycles. The summed E-state index contributed by atoms with van der Waals surface area (Å²) in [5.74, 6) is -0.368. The van der Waals surface area contributed by atoms with E-state index in [4.69, 9.17) is 0 Å². The second-order valence-corrected chi connectivity index (χ2v) is 5.51. The van der Waals surface area contributed by atoms with E-state index in [1.54, 1.807) is 24.3 Å². The summed E-state index contributed by atoms with van der Waals surface area (Å²) >= 11 is 3.14. The van der Waals surface area contributed by atoms with Gasteiger partial charge in [-0.2, -0.15) is 0 Å². The van der Waals surface area contributed by atoms with E-state index in [1.165, 1.54) is 4.90 Å². The lowest BCUT2D eigenvalue weighted by Crippen LogP contribution is -2.31. The van der Waals surface area contributed by atoms with Gasteiger partial charge in [0.05, 0.1) is 16.5 Å². The van der Waals surface area contributed by atoms with Crippen LogP contribution in [0, 0.1) is 5.92 Å². The van der Waals surface area contributed by atoms with Gasteiger partial charge in [-0.25, -0.2) is 0 Å². The Kier molecular flexibility index (Phi) is 4.70. The van der Waals surface area contributed by atoms with E-state index >= 15 is 0 Å². The third kappa shape index (κ3) is 2.82. The molecule has 1 aromatic rings. The van der Waals surface area contributed by atoms with E-state index in [-0.39, 0.29) is 23.5 Å². The number of nitrogens with zero attached hydrogens (tertiary/aromatic N) is 1. The lowest BCUT2D eigenvalue weighted by Gasteiger charge is -2.15. The van der Waals surface area contributed by atoms with Crippen molar-refractivity contribution in [2.45, 2.75) is 19.8 Å². The maximum Gasteiger partial charge on any atom is 0.261 e. The summed E-state index contributed by atoms with van der Waals surface area (Å²) in [5, 5.41) is 0.348. The topological polar surface area (TPSA) is 54.5 Å². The van der Waals surface area contributed by atoms with Gasteiger partial charge in [-0.1, -0.05) is 35.0 Å². The van der Waals surface area contributed by atoms with E-state index in [0.717, 1.165) is 0 Å². The zero-order valence-corrected chi connectivity index (χ0v) is 12.9. The summed E-state index contributed by atoms with van der Waals surface area (Å²) < 4.78 is 0. The van der Waals surface area contributed by atoms with Crippen LogP contribution in [-0.4, -0.2) is 34.4 Å². The number of rotatable bonds is 6. The van der Waals surface area contributed by atoms with Crippen LogP contribution in [0.2, 0.25) is 0 Å². The van der Waals surface area contributed by atoms with E-state index in [9.17, 15) is 14.4 Å². The van der Waals surface area contributed by atoms with Crippen molar-refractivity contribution in [1.82, 2.24) is 4.90 Å². The van der Waals surface area contributed by atoms with Gasteiger partial charge in [0.2, 0.25) is 0 Å². The molecular weight excluding hydrogens is 322 g/mol. The molecule has 0 N–H and O–H groups in total. The maximum absolute atomic E-state index is 12.1. The minimum Gasteiger partial charge on any atom is -0.298 e. The second kappa shape index (κ2) is 6.31. The molecule has 1 aliphatic heterocycles. The molecule has 0 spiro atoms. The predicted molar refractivity (Wildman–Crippen MR) is 79.0 cm³/mol. The minimum absolute atomic E-state index is 0.0513. The molecule has 2 amide bonds. The Morgan fingerprint density at radius 2 is 1.75 bits per heavy atom. The average Bonchev–Trinajstić information content (AvgIpc) is 2.71. The van der Waals surface area contributed by atoms with Crippen molar-refractivity contribution >= 4 is 33.5 Å². The fraction of sp³-hybridized carbons (Fsp3) is 0.400. The zero-order chi connectivity index (χ0) is 14.7. The van der Waals surface area contributed by atoms with Crippen molar-refractivity contribution < 1.29 is 14.4 Å². The van der Waals surface area contributed by atoms with Gasteiger partial charge >= 0.3 is 0 Å². The van der Waals surface area contributed by atoms with Crippen molar-refractivity contribution in [2.24, 2.45) is 5.92 Å². The molecule has 106 valence electrons. The van der Waals surface area contributed by atoms with Crippen LogP contribution in [-0.2, 0) is 4.79 Å². The normalized spacial score (nSPS) is 15.4. The summed E-state index contributed by atoms with van der Waals surface area (Å²) in [4.78, 5) is 36.9. The molecule has 0 aromatic heterocycles. The van der Waals surface area contributed by atoms with E-state index in [2.05, 4.69) is 15.9 Å². The summed E-state index contributed by atoms with van der Waals surface area (Å²) in [7, 11) is 0. The number of halogens is 1. The molecule has 1 aromatic carbocycles. The summed E-state index contributed by atoms with van der Waals surface area (Å²) in [6.45, 7) is 2.23. The number of imide groups is 1. The summed E-state index contributed by atoms with van der Waals surface area (Å²) in [6, 6.07) is 6.85. The highest BCUT2D eigenvalue weighted by Gasteiger charge is 2.34. The van der Waals surface area contributed by atoms with Crippen molar-refractivity contribution in [1.29, 1.82) is 0 Å². The fourth-order valence-corrected chi connectivity index (χ4v) is 2.84. The molecule has 0 saturated carbocycles. The second-order valence-electron chi connectivity index (χ2n) is 4.95. The van der Waals surface area contributed by atoms with Gasteiger partial charge in [0, 0.05) is 12.5 Å². The quantitative estimate of drug-likeness (QED) is 0.592. The molecule has 1 aliphatic rings. The first-order valence-corrected chi connectivity index (χ1v) is 7.72. The lowest BCUT2D eigenvalue weighted by molar-refractivity contribution is -0.119. The number of fused-ring (bicyclic) bond motifs is 1. The largest absolute Gasteiger partial charge is 0.298 e. The van der Waals surface area contributed by atoms with Gasteiger partial charge in [-0.05, 0) is 25.0 Å². The number of carbonyl (C=O) groups is 3. The van der Waals surface area contributed by atoms with Gasteiger partial charge in [-0.15, -0.1) is 0 Å². The van der Waals surface area contributed by atoms with E-state index < -0.39 is 0 Å². The molecule has 1 unspecified atom stereocenters. The van der Waals surface area contributed by atoms with Crippen LogP contribution >= 0.6 is 15.9 Å². The van der Waals surface area contributed by atoms with Gasteiger partial charge in [-0.3, -0.25) is 19.3 Å². The van der Waals surface area contributed by atoms with Crippen molar-refractivity contribution in [3.8, 4) is 0 Å².